The molecule has 0 radical (unpaired) electrons. The molecule has 5 heteroatoms. The molecule has 1 aromatic carbocycles. The summed E-state index contributed by atoms with van der Waals surface area (Å²) in [7, 11) is 0. The molecule has 2 aromatic heterocycles. The van der Waals surface area contributed by atoms with Gasteiger partial charge in [0.1, 0.15) is 5.03 Å². The van der Waals surface area contributed by atoms with Crippen molar-refractivity contribution in [2.24, 2.45) is 0 Å². The lowest BCUT2D eigenvalue weighted by molar-refractivity contribution is 0.101. The number of benzene rings is 1. The second-order valence-corrected chi connectivity index (χ2v) is 5.29. The summed E-state index contributed by atoms with van der Waals surface area (Å²) in [6, 6.07) is 9.43. The van der Waals surface area contributed by atoms with Crippen molar-refractivity contribution in [3.05, 3.63) is 54.5 Å². The van der Waals surface area contributed by atoms with Crippen molar-refractivity contribution in [1.82, 2.24) is 15.2 Å². The molecule has 0 saturated carbocycles. The van der Waals surface area contributed by atoms with Crippen molar-refractivity contribution in [1.29, 1.82) is 0 Å². The highest BCUT2D eigenvalue weighted by Gasteiger charge is 2.10. The van der Waals surface area contributed by atoms with Gasteiger partial charge in [-0.25, -0.2) is 4.98 Å². The first-order valence-corrected chi connectivity index (χ1v) is 6.90. The Balaban J connectivity index is 2.08. The molecule has 3 aromatic rings. The molecule has 0 spiro atoms. The van der Waals surface area contributed by atoms with Crippen LogP contribution in [0.3, 0.4) is 0 Å². The standard InChI is InChI=1S/C15H11N3OS/c1-10(19)12-4-2-3-5-14(12)20-15-13-9-18-17-8-11(13)6-7-16-15/h2-9H,1H3. The smallest absolute Gasteiger partial charge is 0.160 e. The Morgan fingerprint density at radius 3 is 2.75 bits per heavy atom. The summed E-state index contributed by atoms with van der Waals surface area (Å²) in [5, 5.41) is 10.5. The number of carbonyl (C=O) groups is 1. The van der Waals surface area contributed by atoms with Crippen LogP contribution in [0.2, 0.25) is 0 Å². The van der Waals surface area contributed by atoms with Crippen LogP contribution in [-0.4, -0.2) is 21.0 Å². The van der Waals surface area contributed by atoms with Gasteiger partial charge in [-0.05, 0) is 19.1 Å². The number of ketones is 1. The number of carbonyl (C=O) groups excluding carboxylic acids is 1. The summed E-state index contributed by atoms with van der Waals surface area (Å²) in [6.45, 7) is 1.57. The maximum atomic E-state index is 11.7. The Bertz CT molecular complexity index is 783. The van der Waals surface area contributed by atoms with E-state index in [-0.39, 0.29) is 5.78 Å². The van der Waals surface area contributed by atoms with Crippen LogP contribution >= 0.6 is 11.8 Å². The van der Waals surface area contributed by atoms with E-state index in [0.717, 1.165) is 20.7 Å². The van der Waals surface area contributed by atoms with Crippen LogP contribution in [0.1, 0.15) is 17.3 Å². The third kappa shape index (κ3) is 2.40. The summed E-state index contributed by atoms with van der Waals surface area (Å²) < 4.78 is 0. The van der Waals surface area contributed by atoms with E-state index in [0.29, 0.717) is 5.56 Å². The normalized spacial score (nSPS) is 10.7. The van der Waals surface area contributed by atoms with Crippen LogP contribution < -0.4 is 0 Å². The molecule has 0 fully saturated rings. The first-order chi connectivity index (χ1) is 9.75. The zero-order valence-electron chi connectivity index (χ0n) is 10.8. The summed E-state index contributed by atoms with van der Waals surface area (Å²) in [5.74, 6) is 0.0492. The maximum Gasteiger partial charge on any atom is 0.160 e. The second-order valence-electron chi connectivity index (χ2n) is 4.26. The van der Waals surface area contributed by atoms with Gasteiger partial charge in [-0.2, -0.15) is 10.2 Å². The van der Waals surface area contributed by atoms with Crippen molar-refractivity contribution >= 4 is 28.3 Å². The first-order valence-electron chi connectivity index (χ1n) is 6.09. The summed E-state index contributed by atoms with van der Waals surface area (Å²) in [5.41, 5.74) is 0.707. The lowest BCUT2D eigenvalue weighted by Gasteiger charge is -2.07. The van der Waals surface area contributed by atoms with Gasteiger partial charge in [-0.15, -0.1) is 0 Å². The topological polar surface area (TPSA) is 55.7 Å². The number of Topliss-reactive ketones (excluding diaryl/α,β-unsaturated/α-hetero) is 1. The summed E-state index contributed by atoms with van der Waals surface area (Å²) >= 11 is 1.47. The average Bonchev–Trinajstić information content (AvgIpc) is 2.48. The molecule has 0 N–H and O–H groups in total. The van der Waals surface area contributed by atoms with Crippen LogP contribution in [0.15, 0.2) is 58.8 Å². The van der Waals surface area contributed by atoms with Gasteiger partial charge in [0.2, 0.25) is 0 Å². The predicted octanol–water partition coefficient (Wildman–Crippen LogP) is 3.38. The van der Waals surface area contributed by atoms with E-state index < -0.39 is 0 Å². The highest BCUT2D eigenvalue weighted by atomic mass is 32.2. The lowest BCUT2D eigenvalue weighted by atomic mass is 10.1. The Labute approximate surface area is 120 Å². The Morgan fingerprint density at radius 1 is 1.10 bits per heavy atom. The fraction of sp³-hybridized carbons (Fsp3) is 0.0667. The van der Waals surface area contributed by atoms with Gasteiger partial charge >= 0.3 is 0 Å². The third-order valence-electron chi connectivity index (χ3n) is 2.91. The molecule has 0 saturated heterocycles. The Morgan fingerprint density at radius 2 is 1.90 bits per heavy atom. The number of nitrogens with zero attached hydrogens (tertiary/aromatic N) is 3. The second kappa shape index (κ2) is 5.38. The van der Waals surface area contributed by atoms with Crippen molar-refractivity contribution in [3.8, 4) is 0 Å². The van der Waals surface area contributed by atoms with Gasteiger partial charge in [-0.1, -0.05) is 30.0 Å². The number of fused-ring (bicyclic) bond motifs is 1. The van der Waals surface area contributed by atoms with E-state index in [1.807, 2.05) is 30.3 Å². The molecule has 2 heterocycles. The molecule has 0 unspecified atom stereocenters. The molecule has 3 rings (SSSR count). The number of pyridine rings is 1. The zero-order chi connectivity index (χ0) is 13.9. The molecule has 0 aliphatic heterocycles. The molecule has 0 aliphatic rings. The van der Waals surface area contributed by atoms with E-state index in [1.54, 1.807) is 25.5 Å². The molecule has 4 nitrogen and oxygen atoms in total. The molecule has 20 heavy (non-hydrogen) atoms. The molecular formula is C15H11N3OS. The minimum absolute atomic E-state index is 0.0492. The number of aromatic nitrogens is 3. The monoisotopic (exact) mass is 281 g/mol. The number of rotatable bonds is 3. The van der Waals surface area contributed by atoms with E-state index in [4.69, 9.17) is 0 Å². The van der Waals surface area contributed by atoms with E-state index in [1.165, 1.54) is 11.8 Å². The fourth-order valence-corrected chi connectivity index (χ4v) is 3.00. The minimum Gasteiger partial charge on any atom is -0.294 e. The van der Waals surface area contributed by atoms with Crippen molar-refractivity contribution in [2.45, 2.75) is 16.8 Å². The highest BCUT2D eigenvalue weighted by Crippen LogP contribution is 2.33. The van der Waals surface area contributed by atoms with Crippen LogP contribution in [-0.2, 0) is 0 Å². The van der Waals surface area contributed by atoms with Crippen molar-refractivity contribution < 1.29 is 4.79 Å². The van der Waals surface area contributed by atoms with Crippen LogP contribution in [0.4, 0.5) is 0 Å². The van der Waals surface area contributed by atoms with Gasteiger partial charge in [0.05, 0.1) is 12.4 Å². The highest BCUT2D eigenvalue weighted by molar-refractivity contribution is 7.99. The molecule has 0 amide bonds. The molecule has 98 valence electrons. The first kappa shape index (κ1) is 12.7. The number of hydrogen-bond acceptors (Lipinski definition) is 5. The van der Waals surface area contributed by atoms with Gasteiger partial charge in [0, 0.05) is 27.4 Å². The molecular weight excluding hydrogens is 270 g/mol. The Kier molecular flexibility index (Phi) is 3.43. The maximum absolute atomic E-state index is 11.7. The third-order valence-corrected chi connectivity index (χ3v) is 4.01. The van der Waals surface area contributed by atoms with Crippen LogP contribution in [0.25, 0.3) is 10.8 Å². The SMILES string of the molecule is CC(=O)c1ccccc1Sc1nccc2cnncc12. The van der Waals surface area contributed by atoms with Gasteiger partial charge in [0.15, 0.2) is 5.78 Å². The van der Waals surface area contributed by atoms with E-state index >= 15 is 0 Å². The Hall–Kier alpha value is -2.27. The van der Waals surface area contributed by atoms with Gasteiger partial charge in [0.25, 0.3) is 0 Å². The molecule has 0 aliphatic carbocycles. The summed E-state index contributed by atoms with van der Waals surface area (Å²) in [6.07, 6.45) is 5.14. The lowest BCUT2D eigenvalue weighted by Crippen LogP contribution is -1.95. The predicted molar refractivity (Wildman–Crippen MR) is 77.9 cm³/mol. The number of hydrogen-bond donors (Lipinski definition) is 0. The largest absolute Gasteiger partial charge is 0.294 e. The molecule has 0 bridgehead atoms. The van der Waals surface area contributed by atoms with Crippen molar-refractivity contribution in [2.75, 3.05) is 0 Å². The minimum atomic E-state index is 0.0492. The average molecular weight is 281 g/mol. The molecule has 0 atom stereocenters. The summed E-state index contributed by atoms with van der Waals surface area (Å²) in [4.78, 5) is 17.0. The fourth-order valence-electron chi connectivity index (χ4n) is 1.93. The van der Waals surface area contributed by atoms with E-state index in [9.17, 15) is 4.79 Å². The quantitative estimate of drug-likeness (QED) is 0.689. The zero-order valence-corrected chi connectivity index (χ0v) is 11.6. The van der Waals surface area contributed by atoms with Crippen molar-refractivity contribution in [3.63, 3.8) is 0 Å². The van der Waals surface area contributed by atoms with Crippen LogP contribution in [0, 0.1) is 0 Å². The van der Waals surface area contributed by atoms with E-state index in [2.05, 4.69) is 15.2 Å². The van der Waals surface area contributed by atoms with Crippen LogP contribution in [0.5, 0.6) is 0 Å². The van der Waals surface area contributed by atoms with Gasteiger partial charge < -0.3 is 0 Å². The van der Waals surface area contributed by atoms with Gasteiger partial charge in [-0.3, -0.25) is 4.79 Å².